The molecule has 1 heterocycles. The summed E-state index contributed by atoms with van der Waals surface area (Å²) in [6.07, 6.45) is 0.899. The molecule has 0 N–H and O–H groups in total. The number of piperidine rings is 1. The van der Waals surface area contributed by atoms with Gasteiger partial charge in [0.25, 0.3) is 0 Å². The first-order chi connectivity index (χ1) is 10.9. The number of rotatable bonds is 6. The lowest BCUT2D eigenvalue weighted by atomic mass is 10.0. The van der Waals surface area contributed by atoms with E-state index in [4.69, 9.17) is 4.74 Å². The predicted octanol–water partition coefficient (Wildman–Crippen LogP) is 1.48. The number of hydrogen-bond donors (Lipinski definition) is 0. The Hall–Kier alpha value is -1.44. The molecule has 7 heteroatoms. The van der Waals surface area contributed by atoms with Gasteiger partial charge in [0.2, 0.25) is 15.9 Å². The third kappa shape index (κ3) is 4.10. The Kier molecular flexibility index (Phi) is 5.78. The van der Waals surface area contributed by atoms with Gasteiger partial charge < -0.3 is 9.64 Å². The molecule has 6 nitrogen and oxygen atoms in total. The summed E-state index contributed by atoms with van der Waals surface area (Å²) < 4.78 is 31.2. The van der Waals surface area contributed by atoms with E-state index in [-0.39, 0.29) is 11.7 Å². The van der Waals surface area contributed by atoms with E-state index in [0.29, 0.717) is 13.0 Å². The van der Waals surface area contributed by atoms with Gasteiger partial charge >= 0.3 is 0 Å². The van der Waals surface area contributed by atoms with Gasteiger partial charge in [-0.05, 0) is 31.9 Å². The number of carbonyl (C=O) groups is 1. The van der Waals surface area contributed by atoms with E-state index in [1.54, 1.807) is 11.8 Å². The van der Waals surface area contributed by atoms with E-state index in [2.05, 4.69) is 0 Å². The quantitative estimate of drug-likeness (QED) is 0.787. The van der Waals surface area contributed by atoms with Gasteiger partial charge in [-0.3, -0.25) is 4.79 Å². The molecule has 1 aromatic rings. The van der Waals surface area contributed by atoms with Crippen LogP contribution < -0.4 is 4.90 Å². The molecule has 0 spiro atoms. The number of sulfonamides is 1. The van der Waals surface area contributed by atoms with Crippen LogP contribution in [0.1, 0.15) is 19.8 Å². The molecule has 1 fully saturated rings. The zero-order chi connectivity index (χ0) is 17.0. The van der Waals surface area contributed by atoms with Crippen molar-refractivity contribution >= 4 is 21.6 Å². The molecule has 0 radical (unpaired) electrons. The summed E-state index contributed by atoms with van der Waals surface area (Å²) in [5.74, 6) is -0.298. The van der Waals surface area contributed by atoms with E-state index in [9.17, 15) is 13.2 Å². The minimum atomic E-state index is -3.55. The number of methoxy groups -OCH3 is 1. The second-order valence-electron chi connectivity index (χ2n) is 5.82. The summed E-state index contributed by atoms with van der Waals surface area (Å²) in [6, 6.07) is 8.69. The monoisotopic (exact) mass is 340 g/mol. The van der Waals surface area contributed by atoms with Crippen molar-refractivity contribution in [2.75, 3.05) is 31.4 Å². The van der Waals surface area contributed by atoms with E-state index in [1.165, 1.54) is 18.5 Å². The lowest BCUT2D eigenvalue weighted by Crippen LogP contribution is -2.53. The lowest BCUT2D eigenvalue weighted by Gasteiger charge is -2.36. The van der Waals surface area contributed by atoms with E-state index in [0.717, 1.165) is 12.1 Å². The molecule has 23 heavy (non-hydrogen) atoms. The predicted molar refractivity (Wildman–Crippen MR) is 89.8 cm³/mol. The third-order valence-corrected chi connectivity index (χ3v) is 6.23. The molecule has 1 aliphatic heterocycles. The summed E-state index contributed by atoms with van der Waals surface area (Å²) >= 11 is 0. The van der Waals surface area contributed by atoms with Crippen LogP contribution in [0.15, 0.2) is 30.3 Å². The van der Waals surface area contributed by atoms with Gasteiger partial charge in [-0.1, -0.05) is 18.2 Å². The van der Waals surface area contributed by atoms with Crippen LogP contribution in [-0.4, -0.2) is 57.2 Å². The second kappa shape index (κ2) is 7.42. The van der Waals surface area contributed by atoms with Crippen LogP contribution in [0.2, 0.25) is 0 Å². The van der Waals surface area contributed by atoms with Crippen molar-refractivity contribution in [1.29, 1.82) is 0 Å². The van der Waals surface area contributed by atoms with Crippen molar-refractivity contribution in [2.24, 2.45) is 0 Å². The van der Waals surface area contributed by atoms with Gasteiger partial charge in [-0.25, -0.2) is 8.42 Å². The number of likely N-dealkylation sites (N-methyl/N-ethyl adjacent to an activating group) is 1. The molecule has 2 rings (SSSR count). The Morgan fingerprint density at radius 2 is 2.00 bits per heavy atom. The Morgan fingerprint density at radius 3 is 2.61 bits per heavy atom. The van der Waals surface area contributed by atoms with Gasteiger partial charge in [-0.2, -0.15) is 4.31 Å². The number of amides is 1. The van der Waals surface area contributed by atoms with Crippen molar-refractivity contribution in [2.45, 2.75) is 31.9 Å². The van der Waals surface area contributed by atoms with Gasteiger partial charge in [0.1, 0.15) is 6.04 Å². The summed E-state index contributed by atoms with van der Waals surface area (Å²) in [7, 11) is -0.593. The molecule has 2 atom stereocenters. The molecular weight excluding hydrogens is 316 g/mol. The van der Waals surface area contributed by atoms with Crippen molar-refractivity contribution < 1.29 is 17.9 Å². The van der Waals surface area contributed by atoms with Crippen molar-refractivity contribution in [1.82, 2.24) is 4.31 Å². The molecular formula is C16H24N2O4S. The summed E-state index contributed by atoms with van der Waals surface area (Å²) in [5, 5.41) is 0. The molecule has 2 unspecified atom stereocenters. The van der Waals surface area contributed by atoms with Crippen LogP contribution in [0.5, 0.6) is 0 Å². The van der Waals surface area contributed by atoms with Gasteiger partial charge in [0.15, 0.2) is 0 Å². The summed E-state index contributed by atoms with van der Waals surface area (Å²) in [4.78, 5) is 14.4. The summed E-state index contributed by atoms with van der Waals surface area (Å²) in [6.45, 7) is 2.31. The van der Waals surface area contributed by atoms with E-state index < -0.39 is 22.2 Å². The van der Waals surface area contributed by atoms with Crippen LogP contribution in [0.4, 0.5) is 5.69 Å². The zero-order valence-corrected chi connectivity index (χ0v) is 14.6. The highest BCUT2D eigenvalue weighted by atomic mass is 32.2. The number of ether oxygens (including phenoxy) is 1. The molecule has 0 aromatic heterocycles. The highest BCUT2D eigenvalue weighted by molar-refractivity contribution is 7.89. The van der Waals surface area contributed by atoms with Crippen LogP contribution >= 0.6 is 0 Å². The first-order valence-corrected chi connectivity index (χ1v) is 9.32. The molecule has 1 aromatic carbocycles. The highest BCUT2D eigenvalue weighted by Crippen LogP contribution is 2.24. The minimum absolute atomic E-state index is 0.130. The van der Waals surface area contributed by atoms with Crippen molar-refractivity contribution in [3.63, 3.8) is 0 Å². The first-order valence-electron chi connectivity index (χ1n) is 7.71. The fourth-order valence-electron chi connectivity index (χ4n) is 2.73. The number of carbonyl (C=O) groups excluding carboxylic acids is 1. The molecule has 1 amide bonds. The fourth-order valence-corrected chi connectivity index (χ4v) is 4.28. The number of hydrogen-bond acceptors (Lipinski definition) is 4. The highest BCUT2D eigenvalue weighted by Gasteiger charge is 2.37. The van der Waals surface area contributed by atoms with E-state index >= 15 is 0 Å². The summed E-state index contributed by atoms with van der Waals surface area (Å²) in [5.41, 5.74) is 0.804. The first kappa shape index (κ1) is 17.9. The topological polar surface area (TPSA) is 66.9 Å². The Morgan fingerprint density at radius 1 is 1.35 bits per heavy atom. The average molecular weight is 340 g/mol. The Labute approximate surface area is 138 Å². The van der Waals surface area contributed by atoms with Crippen LogP contribution in [-0.2, 0) is 19.6 Å². The Bertz CT molecular complexity index is 633. The maximum Gasteiger partial charge on any atom is 0.245 e. The maximum atomic E-state index is 12.8. The Balaban J connectivity index is 2.17. The largest absolute Gasteiger partial charge is 0.381 e. The van der Waals surface area contributed by atoms with Crippen molar-refractivity contribution in [3.05, 3.63) is 30.3 Å². The molecule has 0 bridgehead atoms. The molecule has 128 valence electrons. The molecule has 1 aliphatic rings. The second-order valence-corrected chi connectivity index (χ2v) is 7.90. The fraction of sp³-hybridized carbons (Fsp3) is 0.562. The number of benzene rings is 1. The smallest absolute Gasteiger partial charge is 0.245 e. The molecule has 0 saturated carbocycles. The molecule has 0 aliphatic carbocycles. The van der Waals surface area contributed by atoms with Gasteiger partial charge in [0.05, 0.1) is 11.9 Å². The average Bonchev–Trinajstić information content (AvgIpc) is 2.54. The number of para-hydroxylation sites is 1. The zero-order valence-electron chi connectivity index (χ0n) is 13.8. The van der Waals surface area contributed by atoms with Crippen LogP contribution in [0.3, 0.4) is 0 Å². The van der Waals surface area contributed by atoms with Crippen molar-refractivity contribution in [3.8, 4) is 0 Å². The van der Waals surface area contributed by atoms with Gasteiger partial charge in [0, 0.05) is 26.4 Å². The third-order valence-electron chi connectivity index (χ3n) is 4.20. The van der Waals surface area contributed by atoms with Gasteiger partial charge in [-0.15, -0.1) is 0 Å². The van der Waals surface area contributed by atoms with Crippen LogP contribution in [0.25, 0.3) is 0 Å². The maximum absolute atomic E-state index is 12.8. The normalized spacial score (nSPS) is 20.8. The number of anilines is 1. The standard InChI is InChI=1S/C16H24N2O4S/c1-13(22-3)12-23(20,21)17(2)15-10-7-11-18(16(15)19)14-8-5-4-6-9-14/h4-6,8-9,13,15H,7,10-12H2,1-3H3. The SMILES string of the molecule is COC(C)CS(=O)(=O)N(C)C1CCCN(c2ccccc2)C1=O. The van der Waals surface area contributed by atoms with Crippen LogP contribution in [0, 0.1) is 0 Å². The van der Waals surface area contributed by atoms with E-state index in [1.807, 2.05) is 30.3 Å². The molecule has 1 saturated heterocycles. The lowest BCUT2D eigenvalue weighted by molar-refractivity contribution is -0.123. The minimum Gasteiger partial charge on any atom is -0.381 e. The number of nitrogens with zero attached hydrogens (tertiary/aromatic N) is 2.